The lowest BCUT2D eigenvalue weighted by molar-refractivity contribution is -0.0111. The lowest BCUT2D eigenvalue weighted by atomic mass is 9.87. The molecule has 206 valence electrons. The van der Waals surface area contributed by atoms with E-state index in [1.165, 1.54) is 11.9 Å². The third-order valence-corrected chi connectivity index (χ3v) is 6.95. The summed E-state index contributed by atoms with van der Waals surface area (Å²) in [7, 11) is 2.00. The van der Waals surface area contributed by atoms with Crippen LogP contribution in [0.5, 0.6) is 0 Å². The van der Waals surface area contributed by atoms with Gasteiger partial charge in [-0.05, 0) is 50.0 Å². The van der Waals surface area contributed by atoms with Crippen LogP contribution >= 0.6 is 0 Å². The van der Waals surface area contributed by atoms with Gasteiger partial charge in [-0.15, -0.1) is 0 Å². The number of anilines is 2. The van der Waals surface area contributed by atoms with Gasteiger partial charge in [0.05, 0.1) is 31.2 Å². The Morgan fingerprint density at radius 2 is 2.00 bits per heavy atom. The first-order valence-corrected chi connectivity index (χ1v) is 13.1. The van der Waals surface area contributed by atoms with Crippen LogP contribution in [0.3, 0.4) is 0 Å². The first-order valence-electron chi connectivity index (χ1n) is 13.1. The number of nitrogens with zero attached hydrogens (tertiary/aromatic N) is 5. The average molecular weight is 525 g/mol. The lowest BCUT2D eigenvalue weighted by Crippen LogP contribution is -2.40. The molecule has 1 aromatic carbocycles. The molecule has 0 saturated carbocycles. The highest BCUT2D eigenvalue weighted by Gasteiger charge is 2.35. The number of ether oxygens (including phenoxy) is 1. The molecule has 5 N–H and O–H groups in total. The second kappa shape index (κ2) is 11.6. The summed E-state index contributed by atoms with van der Waals surface area (Å²) in [5.41, 5.74) is 9.15. The summed E-state index contributed by atoms with van der Waals surface area (Å²) in [4.78, 5) is 27.1. The van der Waals surface area contributed by atoms with Crippen molar-refractivity contribution in [2.45, 2.75) is 76.9 Å². The Morgan fingerprint density at radius 3 is 2.71 bits per heavy atom. The molecular weight excluding hydrogens is 484 g/mol. The molecule has 38 heavy (non-hydrogen) atoms. The van der Waals surface area contributed by atoms with Crippen molar-refractivity contribution in [1.29, 1.82) is 0 Å². The van der Waals surface area contributed by atoms with E-state index in [2.05, 4.69) is 51.3 Å². The number of aliphatic hydroxyl groups excluding tert-OH is 1. The maximum Gasteiger partial charge on any atom is 0.319 e. The van der Waals surface area contributed by atoms with Crippen molar-refractivity contribution in [2.24, 2.45) is 0 Å². The van der Waals surface area contributed by atoms with Crippen LogP contribution in [-0.2, 0) is 16.7 Å². The summed E-state index contributed by atoms with van der Waals surface area (Å²) in [5.74, 6) is 0.344. The largest absolute Gasteiger partial charge is 0.390 e. The van der Waals surface area contributed by atoms with E-state index in [-0.39, 0.29) is 29.7 Å². The molecule has 3 aromatic rings. The van der Waals surface area contributed by atoms with Crippen LogP contribution in [0.1, 0.15) is 46.1 Å². The number of benzene rings is 1. The minimum Gasteiger partial charge on any atom is -0.390 e. The fraction of sp³-hybridized carbons (Fsp3) is 0.556. The number of likely N-dealkylation sites (N-methyl/N-ethyl adjacent to an activating group) is 1. The number of aromatic nitrogens is 4. The fourth-order valence-electron chi connectivity index (χ4n) is 4.68. The molecule has 0 spiro atoms. The molecular formula is C27H40N8O3. The van der Waals surface area contributed by atoms with Gasteiger partial charge in [-0.25, -0.2) is 19.7 Å². The number of nitrogen functional groups attached to an aromatic ring is 1. The van der Waals surface area contributed by atoms with Gasteiger partial charge in [-0.1, -0.05) is 32.9 Å². The number of urea groups is 1. The van der Waals surface area contributed by atoms with Crippen molar-refractivity contribution in [3.8, 4) is 0 Å². The molecule has 1 fully saturated rings. The van der Waals surface area contributed by atoms with Crippen LogP contribution in [0.25, 0.3) is 11.2 Å². The van der Waals surface area contributed by atoms with Crippen molar-refractivity contribution in [3.63, 3.8) is 0 Å². The number of nitrogens with one attached hydrogen (secondary N) is 2. The monoisotopic (exact) mass is 524 g/mol. The molecule has 4 rings (SSSR count). The number of aliphatic hydroxyl groups is 1. The van der Waals surface area contributed by atoms with Gasteiger partial charge in [-0.3, -0.25) is 0 Å². The number of nitrogens with two attached hydrogens (primary N) is 1. The highest BCUT2D eigenvalue weighted by Crippen LogP contribution is 2.25. The lowest BCUT2D eigenvalue weighted by Gasteiger charge is -2.24. The van der Waals surface area contributed by atoms with Crippen LogP contribution in [0.2, 0.25) is 0 Å². The summed E-state index contributed by atoms with van der Waals surface area (Å²) >= 11 is 0. The topological polar surface area (TPSA) is 143 Å². The number of imidazole rings is 1. The predicted octanol–water partition coefficient (Wildman–Crippen LogP) is 2.76. The van der Waals surface area contributed by atoms with Crippen molar-refractivity contribution in [1.82, 2.24) is 29.7 Å². The molecule has 4 atom stereocenters. The summed E-state index contributed by atoms with van der Waals surface area (Å²) in [6.07, 6.45) is 3.40. The Morgan fingerprint density at radius 1 is 1.26 bits per heavy atom. The van der Waals surface area contributed by atoms with Crippen LogP contribution in [-0.4, -0.2) is 80.0 Å². The van der Waals surface area contributed by atoms with Gasteiger partial charge in [0.15, 0.2) is 11.5 Å². The maximum atomic E-state index is 12.4. The number of carbonyl (C=O) groups is 1. The Balaban J connectivity index is 1.19. The van der Waals surface area contributed by atoms with Crippen molar-refractivity contribution >= 4 is 28.7 Å². The van der Waals surface area contributed by atoms with Gasteiger partial charge in [-0.2, -0.15) is 0 Å². The summed E-state index contributed by atoms with van der Waals surface area (Å²) in [6, 6.07) is 7.70. The Kier molecular flexibility index (Phi) is 8.49. The van der Waals surface area contributed by atoms with Gasteiger partial charge in [0.1, 0.15) is 11.8 Å². The molecule has 0 aliphatic carbocycles. The first kappa shape index (κ1) is 27.7. The molecule has 11 heteroatoms. The van der Waals surface area contributed by atoms with E-state index in [0.29, 0.717) is 36.5 Å². The third-order valence-electron chi connectivity index (χ3n) is 6.95. The molecule has 2 amide bonds. The van der Waals surface area contributed by atoms with Gasteiger partial charge in [0.25, 0.3) is 0 Å². The van der Waals surface area contributed by atoms with E-state index in [0.717, 1.165) is 18.7 Å². The molecule has 1 aliphatic heterocycles. The smallest absolute Gasteiger partial charge is 0.319 e. The first-order chi connectivity index (χ1) is 18.0. The van der Waals surface area contributed by atoms with Crippen LogP contribution < -0.4 is 16.4 Å². The van der Waals surface area contributed by atoms with E-state index >= 15 is 0 Å². The van der Waals surface area contributed by atoms with Gasteiger partial charge in [0, 0.05) is 24.7 Å². The molecule has 1 saturated heterocycles. The fourth-order valence-corrected chi connectivity index (χ4v) is 4.68. The predicted molar refractivity (Wildman–Crippen MR) is 148 cm³/mol. The van der Waals surface area contributed by atoms with Crippen LogP contribution in [0.15, 0.2) is 36.9 Å². The Bertz CT molecular complexity index is 1220. The second-order valence-corrected chi connectivity index (χ2v) is 11.3. The quantitative estimate of drug-likeness (QED) is 0.335. The molecule has 3 heterocycles. The number of hydrogen-bond acceptors (Lipinski definition) is 8. The second-order valence-electron chi connectivity index (χ2n) is 11.3. The number of hydrogen-bond donors (Lipinski definition) is 4. The number of rotatable bonds is 9. The molecule has 0 bridgehead atoms. The van der Waals surface area contributed by atoms with Crippen molar-refractivity contribution in [3.05, 3.63) is 42.5 Å². The van der Waals surface area contributed by atoms with E-state index < -0.39 is 6.10 Å². The van der Waals surface area contributed by atoms with E-state index in [4.69, 9.17) is 10.5 Å². The zero-order valence-electron chi connectivity index (χ0n) is 22.9. The molecule has 0 radical (unpaired) electrons. The number of amides is 2. The van der Waals surface area contributed by atoms with Gasteiger partial charge >= 0.3 is 6.03 Å². The van der Waals surface area contributed by atoms with Crippen molar-refractivity contribution < 1.29 is 14.6 Å². The summed E-state index contributed by atoms with van der Waals surface area (Å²) < 4.78 is 8.05. The van der Waals surface area contributed by atoms with Gasteiger partial charge in [0.2, 0.25) is 0 Å². The van der Waals surface area contributed by atoms with Gasteiger partial charge < -0.3 is 35.7 Å². The molecule has 2 aromatic heterocycles. The maximum absolute atomic E-state index is 12.4. The molecule has 11 nitrogen and oxygen atoms in total. The van der Waals surface area contributed by atoms with E-state index in [1.807, 2.05) is 42.8 Å². The van der Waals surface area contributed by atoms with E-state index in [1.54, 1.807) is 6.33 Å². The minimum absolute atomic E-state index is 0.0163. The summed E-state index contributed by atoms with van der Waals surface area (Å²) in [5, 5.41) is 16.5. The van der Waals surface area contributed by atoms with Crippen molar-refractivity contribution in [2.75, 3.05) is 31.2 Å². The Labute approximate surface area is 223 Å². The molecule has 0 unspecified atom stereocenters. The van der Waals surface area contributed by atoms with Crippen LogP contribution in [0, 0.1) is 0 Å². The Hall–Kier alpha value is -3.28. The zero-order valence-corrected chi connectivity index (χ0v) is 22.9. The molecule has 1 aliphatic rings. The number of fused-ring (bicyclic) bond motifs is 1. The number of carbonyl (C=O) groups excluding carboxylic acids is 1. The highest BCUT2D eigenvalue weighted by atomic mass is 16.5. The standard InChI is InChI=1S/C27H40N8O3/c1-17(32-26(37)33-19-8-6-18(7-9-19)27(2,3)4)10-11-34(5)14-22-21(36)12-20(38-22)13-35-16-31-23-24(28)29-15-30-25(23)35/h6-9,15-17,20-22,36H,10-14H2,1-5H3,(H2,28,29,30)(H2,32,33,37)/t17-,20+,21-,22+/m0/s1. The minimum atomic E-state index is -0.553. The SMILES string of the molecule is C[C@@H](CCN(C)C[C@H]1O[C@@H](Cn2cnc3c(N)ncnc32)C[C@@H]1O)NC(=O)Nc1ccc(C(C)(C)C)cc1. The van der Waals surface area contributed by atoms with Crippen LogP contribution in [0.4, 0.5) is 16.3 Å². The summed E-state index contributed by atoms with van der Waals surface area (Å²) in [6.45, 7) is 10.3. The normalized spacial score (nSPS) is 20.7. The highest BCUT2D eigenvalue weighted by molar-refractivity contribution is 5.89. The third kappa shape index (κ3) is 6.97. The average Bonchev–Trinajstić information content (AvgIpc) is 3.41. The zero-order chi connectivity index (χ0) is 27.4. The van der Waals surface area contributed by atoms with E-state index in [9.17, 15) is 9.90 Å².